The van der Waals surface area contributed by atoms with Crippen LogP contribution in [-0.4, -0.2) is 11.8 Å². The number of nitrogens with one attached hydrogen (secondary N) is 3. The molecule has 5 nitrogen and oxygen atoms in total. The van der Waals surface area contributed by atoms with Gasteiger partial charge in [-0.2, -0.15) is 0 Å². The summed E-state index contributed by atoms with van der Waals surface area (Å²) in [6.45, 7) is 3.50. The minimum absolute atomic E-state index is 0.0434. The Kier molecular flexibility index (Phi) is 6.07. The molecule has 3 N–H and O–H groups in total. The van der Waals surface area contributed by atoms with E-state index >= 15 is 0 Å². The highest BCUT2D eigenvalue weighted by Gasteiger charge is 2.04. The summed E-state index contributed by atoms with van der Waals surface area (Å²) in [6, 6.07) is 22.9. The number of benzene rings is 3. The molecule has 0 aromatic heterocycles. The number of hydrogen-bond acceptors (Lipinski definition) is 3. The van der Waals surface area contributed by atoms with Crippen LogP contribution in [0.5, 0.6) is 0 Å². The summed E-state index contributed by atoms with van der Waals surface area (Å²) < 4.78 is 0. The van der Waals surface area contributed by atoms with Gasteiger partial charge in [0.2, 0.25) is 11.8 Å². The van der Waals surface area contributed by atoms with Crippen molar-refractivity contribution in [3.8, 4) is 0 Å². The molecule has 2 amide bonds. The first-order chi connectivity index (χ1) is 13.5. The van der Waals surface area contributed by atoms with Gasteiger partial charge in [0.15, 0.2) is 0 Å². The van der Waals surface area contributed by atoms with E-state index in [0.29, 0.717) is 6.42 Å². The Bertz CT molecular complexity index is 947. The first kappa shape index (κ1) is 19.2. The largest absolute Gasteiger partial charge is 0.356 e. The second kappa shape index (κ2) is 8.86. The van der Waals surface area contributed by atoms with Gasteiger partial charge < -0.3 is 16.0 Å². The van der Waals surface area contributed by atoms with Gasteiger partial charge in [-0.15, -0.1) is 0 Å². The van der Waals surface area contributed by atoms with Gasteiger partial charge in [-0.1, -0.05) is 29.8 Å². The predicted molar refractivity (Wildman–Crippen MR) is 114 cm³/mol. The van der Waals surface area contributed by atoms with Gasteiger partial charge in [0, 0.05) is 29.7 Å². The third kappa shape index (κ3) is 5.71. The zero-order chi connectivity index (χ0) is 19.9. The Morgan fingerprint density at radius 2 is 1.14 bits per heavy atom. The molecule has 0 radical (unpaired) electrons. The van der Waals surface area contributed by atoms with E-state index in [0.717, 1.165) is 28.3 Å². The average molecular weight is 373 g/mol. The molecule has 0 atom stereocenters. The highest BCUT2D eigenvalue weighted by atomic mass is 16.2. The van der Waals surface area contributed by atoms with Crippen molar-refractivity contribution in [3.05, 3.63) is 83.9 Å². The zero-order valence-electron chi connectivity index (χ0n) is 16.0. The first-order valence-corrected chi connectivity index (χ1v) is 9.08. The minimum Gasteiger partial charge on any atom is -0.356 e. The lowest BCUT2D eigenvalue weighted by molar-refractivity contribution is -0.116. The molecule has 3 rings (SSSR count). The molecule has 28 heavy (non-hydrogen) atoms. The molecule has 3 aromatic rings. The minimum atomic E-state index is -0.0966. The van der Waals surface area contributed by atoms with Crippen LogP contribution in [0.2, 0.25) is 0 Å². The monoisotopic (exact) mass is 373 g/mol. The van der Waals surface area contributed by atoms with Crippen LogP contribution < -0.4 is 16.0 Å². The standard InChI is InChI=1S/C23H23N3O2/c1-16-3-5-18(6-4-16)15-23(28)26-22-13-11-21(12-14-22)25-20-9-7-19(8-10-20)24-17(2)27/h3-14,25H,15H2,1-2H3,(H,24,27)(H,26,28). The van der Waals surface area contributed by atoms with E-state index in [1.165, 1.54) is 12.5 Å². The molecule has 0 heterocycles. The summed E-state index contributed by atoms with van der Waals surface area (Å²) >= 11 is 0. The summed E-state index contributed by atoms with van der Waals surface area (Å²) in [7, 11) is 0. The van der Waals surface area contributed by atoms with Crippen molar-refractivity contribution >= 4 is 34.6 Å². The third-order valence-electron chi connectivity index (χ3n) is 4.15. The summed E-state index contributed by atoms with van der Waals surface area (Å²) in [5.41, 5.74) is 5.49. The number of anilines is 4. The predicted octanol–water partition coefficient (Wildman–Crippen LogP) is 4.88. The van der Waals surface area contributed by atoms with Crippen molar-refractivity contribution < 1.29 is 9.59 Å². The second-order valence-electron chi connectivity index (χ2n) is 6.67. The number of amides is 2. The van der Waals surface area contributed by atoms with Gasteiger partial charge in [-0.05, 0) is 61.0 Å². The van der Waals surface area contributed by atoms with Crippen LogP contribution in [0, 0.1) is 6.92 Å². The molecule has 3 aromatic carbocycles. The normalized spacial score (nSPS) is 10.2. The van der Waals surface area contributed by atoms with Gasteiger partial charge in [-0.3, -0.25) is 9.59 Å². The molecule has 0 bridgehead atoms. The smallest absolute Gasteiger partial charge is 0.228 e. The number of rotatable bonds is 6. The second-order valence-corrected chi connectivity index (χ2v) is 6.67. The van der Waals surface area contributed by atoms with Crippen LogP contribution in [0.1, 0.15) is 18.1 Å². The Balaban J connectivity index is 1.55. The highest BCUT2D eigenvalue weighted by molar-refractivity contribution is 5.92. The molecule has 5 heteroatoms. The van der Waals surface area contributed by atoms with Crippen molar-refractivity contribution in [3.63, 3.8) is 0 Å². The van der Waals surface area contributed by atoms with Crippen LogP contribution in [0.4, 0.5) is 22.7 Å². The summed E-state index contributed by atoms with van der Waals surface area (Å²) in [4.78, 5) is 23.3. The maximum Gasteiger partial charge on any atom is 0.228 e. The summed E-state index contributed by atoms with van der Waals surface area (Å²) in [5, 5.41) is 8.93. The van der Waals surface area contributed by atoms with Crippen LogP contribution >= 0.6 is 0 Å². The lowest BCUT2D eigenvalue weighted by Gasteiger charge is -2.10. The molecule has 0 fully saturated rings. The van der Waals surface area contributed by atoms with Crippen LogP contribution in [0.15, 0.2) is 72.8 Å². The van der Waals surface area contributed by atoms with Gasteiger partial charge in [0.05, 0.1) is 6.42 Å². The zero-order valence-corrected chi connectivity index (χ0v) is 16.0. The molecule has 142 valence electrons. The lowest BCUT2D eigenvalue weighted by Crippen LogP contribution is -2.14. The molecule has 0 spiro atoms. The van der Waals surface area contributed by atoms with Crippen molar-refractivity contribution in [1.29, 1.82) is 0 Å². The van der Waals surface area contributed by atoms with Gasteiger partial charge in [0.1, 0.15) is 0 Å². The number of aryl methyl sites for hydroxylation is 1. The molecule has 0 aliphatic heterocycles. The van der Waals surface area contributed by atoms with E-state index in [1.807, 2.05) is 79.7 Å². The average Bonchev–Trinajstić information content (AvgIpc) is 2.66. The molecule has 0 aliphatic carbocycles. The lowest BCUT2D eigenvalue weighted by atomic mass is 10.1. The van der Waals surface area contributed by atoms with Crippen LogP contribution in [0.3, 0.4) is 0 Å². The Labute approximate surface area is 164 Å². The van der Waals surface area contributed by atoms with E-state index in [9.17, 15) is 9.59 Å². The van der Waals surface area contributed by atoms with Crippen LogP contribution in [-0.2, 0) is 16.0 Å². The van der Waals surface area contributed by atoms with Gasteiger partial charge in [-0.25, -0.2) is 0 Å². The Hall–Kier alpha value is -3.60. The fourth-order valence-corrected chi connectivity index (χ4v) is 2.74. The van der Waals surface area contributed by atoms with Gasteiger partial charge >= 0.3 is 0 Å². The number of carbonyl (C=O) groups excluding carboxylic acids is 2. The van der Waals surface area contributed by atoms with E-state index < -0.39 is 0 Å². The Morgan fingerprint density at radius 1 is 0.679 bits per heavy atom. The first-order valence-electron chi connectivity index (χ1n) is 9.08. The SMILES string of the molecule is CC(=O)Nc1ccc(Nc2ccc(NC(=O)Cc3ccc(C)cc3)cc2)cc1. The van der Waals surface area contributed by atoms with E-state index in [-0.39, 0.29) is 11.8 Å². The molecular weight excluding hydrogens is 350 g/mol. The topological polar surface area (TPSA) is 70.2 Å². The summed E-state index contributed by atoms with van der Waals surface area (Å²) in [6.07, 6.45) is 0.348. The van der Waals surface area contributed by atoms with Crippen LogP contribution in [0.25, 0.3) is 0 Å². The number of hydrogen-bond donors (Lipinski definition) is 3. The maximum atomic E-state index is 12.2. The highest BCUT2D eigenvalue weighted by Crippen LogP contribution is 2.21. The quantitative estimate of drug-likeness (QED) is 0.577. The molecule has 0 unspecified atom stereocenters. The number of carbonyl (C=O) groups is 2. The van der Waals surface area contributed by atoms with E-state index in [4.69, 9.17) is 0 Å². The van der Waals surface area contributed by atoms with Crippen molar-refractivity contribution in [2.24, 2.45) is 0 Å². The Morgan fingerprint density at radius 3 is 1.64 bits per heavy atom. The van der Waals surface area contributed by atoms with Crippen molar-refractivity contribution in [2.45, 2.75) is 20.3 Å². The fraction of sp³-hybridized carbons (Fsp3) is 0.130. The third-order valence-corrected chi connectivity index (χ3v) is 4.15. The molecular formula is C23H23N3O2. The molecule has 0 saturated carbocycles. The van der Waals surface area contributed by atoms with Gasteiger partial charge in [0.25, 0.3) is 0 Å². The maximum absolute atomic E-state index is 12.2. The fourth-order valence-electron chi connectivity index (χ4n) is 2.74. The van der Waals surface area contributed by atoms with E-state index in [2.05, 4.69) is 16.0 Å². The van der Waals surface area contributed by atoms with Crippen molar-refractivity contribution in [2.75, 3.05) is 16.0 Å². The molecule has 0 saturated heterocycles. The molecule has 0 aliphatic rings. The van der Waals surface area contributed by atoms with Crippen molar-refractivity contribution in [1.82, 2.24) is 0 Å². The van der Waals surface area contributed by atoms with E-state index in [1.54, 1.807) is 0 Å². The summed E-state index contributed by atoms with van der Waals surface area (Å²) in [5.74, 6) is -0.140.